The average Bonchev–Trinajstić information content (AvgIpc) is 1.35. The lowest BCUT2D eigenvalue weighted by Crippen LogP contribution is -2.45. The van der Waals surface area contributed by atoms with Crippen LogP contribution >= 0.6 is 0 Å². The van der Waals surface area contributed by atoms with Crippen molar-refractivity contribution in [1.82, 2.24) is 4.98 Å². The molecule has 0 aromatic carbocycles. The van der Waals surface area contributed by atoms with Gasteiger partial charge >= 0.3 is 8.72 Å². The molecular formula is C2H9NO2Si. The van der Waals surface area contributed by atoms with Crippen molar-refractivity contribution in [3.63, 3.8) is 0 Å². The molecule has 38 valence electrons. The fourth-order valence-electron chi connectivity index (χ4n) is 0. The normalized spacial score (nSPS) is 12.0. The molecule has 4 heteroatoms. The molecule has 6 heavy (non-hydrogen) atoms. The van der Waals surface area contributed by atoms with Crippen LogP contribution in [0.25, 0.3) is 0 Å². The second kappa shape index (κ2) is 1.70. The molecule has 0 bridgehead atoms. The first-order valence-corrected chi connectivity index (χ1v) is 4.09. The van der Waals surface area contributed by atoms with Crippen molar-refractivity contribution < 1.29 is 9.59 Å². The smallest absolute Gasteiger partial charge is 0.399 e. The highest BCUT2D eigenvalue weighted by molar-refractivity contribution is 6.60. The number of hydrogen-bond donors (Lipinski definition) is 3. The molecule has 3 N–H and O–H groups in total. The molecule has 0 atom stereocenters. The van der Waals surface area contributed by atoms with Crippen molar-refractivity contribution in [2.75, 3.05) is 7.05 Å². The number of nitrogens with one attached hydrogen (secondary N) is 1. The number of hydrogen-bond acceptors (Lipinski definition) is 3. The van der Waals surface area contributed by atoms with E-state index in [4.69, 9.17) is 9.59 Å². The zero-order chi connectivity index (χ0) is 5.21. The maximum absolute atomic E-state index is 8.41. The quantitative estimate of drug-likeness (QED) is 0.367. The van der Waals surface area contributed by atoms with Crippen LogP contribution in [0.5, 0.6) is 0 Å². The molecule has 0 heterocycles. The van der Waals surface area contributed by atoms with Crippen LogP contribution in [0.4, 0.5) is 0 Å². The fraction of sp³-hybridized carbons (Fsp3) is 1.00. The van der Waals surface area contributed by atoms with Gasteiger partial charge in [-0.25, -0.2) is 0 Å². The van der Waals surface area contributed by atoms with Crippen molar-refractivity contribution >= 4 is 8.72 Å². The van der Waals surface area contributed by atoms with Crippen LogP contribution in [0.3, 0.4) is 0 Å². The molecule has 3 nitrogen and oxygen atoms in total. The van der Waals surface area contributed by atoms with Gasteiger partial charge in [0.2, 0.25) is 0 Å². The minimum atomic E-state index is -2.88. The van der Waals surface area contributed by atoms with Crippen LogP contribution < -0.4 is 4.98 Å². The maximum atomic E-state index is 8.41. The van der Waals surface area contributed by atoms with Crippen molar-refractivity contribution in [2.45, 2.75) is 6.55 Å². The molecule has 0 spiro atoms. The standard InChI is InChI=1S/C2H9NO2Si/c1-3-6(2,4)5/h3-5H,1-2H3. The summed E-state index contributed by atoms with van der Waals surface area (Å²) in [5.74, 6) is 0. The van der Waals surface area contributed by atoms with Gasteiger partial charge in [-0.05, 0) is 13.6 Å². The Morgan fingerprint density at radius 3 is 1.67 bits per heavy atom. The van der Waals surface area contributed by atoms with Crippen LogP contribution in [0.15, 0.2) is 0 Å². The van der Waals surface area contributed by atoms with Crippen molar-refractivity contribution in [3.8, 4) is 0 Å². The largest absolute Gasteiger partial charge is 0.416 e. The highest BCUT2D eigenvalue weighted by Crippen LogP contribution is 1.76. The third-order valence-corrected chi connectivity index (χ3v) is 1.42. The van der Waals surface area contributed by atoms with Gasteiger partial charge in [-0.15, -0.1) is 0 Å². The summed E-state index contributed by atoms with van der Waals surface area (Å²) in [6.07, 6.45) is 0. The van der Waals surface area contributed by atoms with Crippen LogP contribution in [0.2, 0.25) is 6.55 Å². The van der Waals surface area contributed by atoms with Gasteiger partial charge in [-0.3, -0.25) is 4.98 Å². The first-order chi connectivity index (χ1) is 2.56. The van der Waals surface area contributed by atoms with E-state index in [0.717, 1.165) is 0 Å². The summed E-state index contributed by atoms with van der Waals surface area (Å²) >= 11 is 0. The van der Waals surface area contributed by atoms with E-state index in [-0.39, 0.29) is 0 Å². The van der Waals surface area contributed by atoms with Crippen LogP contribution in [-0.2, 0) is 0 Å². The summed E-state index contributed by atoms with van der Waals surface area (Å²) in [6.45, 7) is 1.38. The Bertz CT molecular complexity index is 41.3. The predicted octanol–water partition coefficient (Wildman–Crippen LogP) is -1.24. The van der Waals surface area contributed by atoms with E-state index in [2.05, 4.69) is 4.98 Å². The van der Waals surface area contributed by atoms with E-state index in [1.165, 1.54) is 13.6 Å². The van der Waals surface area contributed by atoms with Crippen LogP contribution in [0.1, 0.15) is 0 Å². The van der Waals surface area contributed by atoms with Crippen LogP contribution in [-0.4, -0.2) is 25.4 Å². The molecule has 0 aromatic rings. The molecule has 0 saturated carbocycles. The molecule has 0 aromatic heterocycles. The highest BCUT2D eigenvalue weighted by Gasteiger charge is 2.16. The Balaban J connectivity index is 3.17. The van der Waals surface area contributed by atoms with Crippen molar-refractivity contribution in [1.29, 1.82) is 0 Å². The minimum absolute atomic E-state index is 1.38. The molecule has 0 aliphatic rings. The lowest BCUT2D eigenvalue weighted by Gasteiger charge is -2.06. The predicted molar refractivity (Wildman–Crippen MR) is 25.1 cm³/mol. The second-order valence-corrected chi connectivity index (χ2v) is 3.81. The summed E-state index contributed by atoms with van der Waals surface area (Å²) in [5.41, 5.74) is 0. The maximum Gasteiger partial charge on any atom is 0.416 e. The monoisotopic (exact) mass is 107 g/mol. The molecule has 0 amide bonds. The number of rotatable bonds is 1. The van der Waals surface area contributed by atoms with Gasteiger partial charge in [0.05, 0.1) is 0 Å². The Morgan fingerprint density at radius 1 is 1.50 bits per heavy atom. The molecule has 0 aliphatic carbocycles. The molecule has 0 radical (unpaired) electrons. The second-order valence-electron chi connectivity index (χ2n) is 1.27. The molecule has 0 rings (SSSR count). The fourth-order valence-corrected chi connectivity index (χ4v) is 0. The molecule has 0 saturated heterocycles. The third-order valence-electron chi connectivity index (χ3n) is 0.474. The zero-order valence-corrected chi connectivity index (χ0v) is 4.89. The Morgan fingerprint density at radius 2 is 1.67 bits per heavy atom. The Kier molecular flexibility index (Phi) is 1.73. The van der Waals surface area contributed by atoms with Crippen molar-refractivity contribution in [2.24, 2.45) is 0 Å². The summed E-state index contributed by atoms with van der Waals surface area (Å²) in [4.78, 5) is 19.2. The van der Waals surface area contributed by atoms with Crippen LogP contribution in [0, 0.1) is 0 Å². The minimum Gasteiger partial charge on any atom is -0.399 e. The molecule has 0 fully saturated rings. The van der Waals surface area contributed by atoms with E-state index in [1.54, 1.807) is 0 Å². The summed E-state index contributed by atoms with van der Waals surface area (Å²) < 4.78 is 0. The Hall–Kier alpha value is 0.0969. The molecule has 0 unspecified atom stereocenters. The van der Waals surface area contributed by atoms with E-state index in [9.17, 15) is 0 Å². The van der Waals surface area contributed by atoms with Gasteiger partial charge in [0.1, 0.15) is 0 Å². The van der Waals surface area contributed by atoms with Gasteiger partial charge in [0.25, 0.3) is 0 Å². The summed E-state index contributed by atoms with van der Waals surface area (Å²) in [5, 5.41) is 0. The Labute approximate surface area is 38.0 Å². The van der Waals surface area contributed by atoms with Gasteiger partial charge in [0.15, 0.2) is 0 Å². The summed E-state index contributed by atoms with van der Waals surface area (Å²) in [6, 6.07) is 0. The first kappa shape index (κ1) is 6.10. The van der Waals surface area contributed by atoms with E-state index in [1.807, 2.05) is 0 Å². The van der Waals surface area contributed by atoms with Gasteiger partial charge in [-0.1, -0.05) is 0 Å². The van der Waals surface area contributed by atoms with Gasteiger partial charge in [-0.2, -0.15) is 0 Å². The topological polar surface area (TPSA) is 52.5 Å². The molecule has 0 aliphatic heterocycles. The van der Waals surface area contributed by atoms with E-state index in [0.29, 0.717) is 0 Å². The summed E-state index contributed by atoms with van der Waals surface area (Å²) in [7, 11) is -1.36. The average molecular weight is 107 g/mol. The van der Waals surface area contributed by atoms with Gasteiger partial charge < -0.3 is 9.59 Å². The van der Waals surface area contributed by atoms with E-state index >= 15 is 0 Å². The lowest BCUT2D eigenvalue weighted by atomic mass is 11.6. The highest BCUT2D eigenvalue weighted by atomic mass is 28.4. The third kappa shape index (κ3) is 4.10. The molecular weight excluding hydrogens is 98.1 g/mol. The zero-order valence-electron chi connectivity index (χ0n) is 3.89. The van der Waals surface area contributed by atoms with E-state index < -0.39 is 8.72 Å². The first-order valence-electron chi connectivity index (χ1n) is 1.70. The van der Waals surface area contributed by atoms with Gasteiger partial charge in [0, 0.05) is 0 Å². The SMILES string of the molecule is CN[Si](C)(O)O. The van der Waals surface area contributed by atoms with Crippen molar-refractivity contribution in [3.05, 3.63) is 0 Å². The lowest BCUT2D eigenvalue weighted by molar-refractivity contribution is 0.356.